The number of ether oxygens (including phenoxy) is 1. The van der Waals surface area contributed by atoms with Gasteiger partial charge in [0.05, 0.1) is 19.6 Å². The van der Waals surface area contributed by atoms with Gasteiger partial charge in [-0.15, -0.1) is 0 Å². The molecule has 0 saturated carbocycles. The molecule has 0 aromatic carbocycles. The Hall–Kier alpha value is -0.750. The third-order valence-electron chi connectivity index (χ3n) is 4.86. The fraction of sp³-hybridized carbons (Fsp3) is 0.882. The minimum atomic E-state index is -0.135. The average Bonchev–Trinajstić information content (AvgIpc) is 2.79. The molecule has 2 fully saturated rings. The van der Waals surface area contributed by atoms with Gasteiger partial charge in [0.2, 0.25) is 5.91 Å². The van der Waals surface area contributed by atoms with E-state index in [1.54, 1.807) is 0 Å². The van der Waals surface area contributed by atoms with Crippen LogP contribution in [0, 0.1) is 5.92 Å². The fourth-order valence-electron chi connectivity index (χ4n) is 3.52. The molecular formula is C17H30N2O3S. The number of likely N-dealkylation sites (tertiary alicyclic amines) is 2. The van der Waals surface area contributed by atoms with Crippen LogP contribution in [0.25, 0.3) is 0 Å². The van der Waals surface area contributed by atoms with Crippen LogP contribution in [0.3, 0.4) is 0 Å². The van der Waals surface area contributed by atoms with Crippen molar-refractivity contribution in [3.05, 3.63) is 0 Å². The Morgan fingerprint density at radius 3 is 2.52 bits per heavy atom. The summed E-state index contributed by atoms with van der Waals surface area (Å²) >= 11 is 2.02. The van der Waals surface area contributed by atoms with Crippen LogP contribution in [0.2, 0.25) is 0 Å². The minimum absolute atomic E-state index is 0.0347. The van der Waals surface area contributed by atoms with E-state index >= 15 is 0 Å². The van der Waals surface area contributed by atoms with Gasteiger partial charge in [-0.2, -0.15) is 11.8 Å². The van der Waals surface area contributed by atoms with E-state index in [1.165, 1.54) is 26.4 Å². The molecule has 2 heterocycles. The lowest BCUT2D eigenvalue weighted by Crippen LogP contribution is -2.46. The molecule has 2 aliphatic rings. The topological polar surface area (TPSA) is 49.9 Å². The molecule has 2 aliphatic heterocycles. The molecule has 2 rings (SSSR count). The van der Waals surface area contributed by atoms with Gasteiger partial charge in [-0.25, -0.2) is 0 Å². The first-order chi connectivity index (χ1) is 11.1. The summed E-state index contributed by atoms with van der Waals surface area (Å²) in [5, 5.41) is 0.667. The summed E-state index contributed by atoms with van der Waals surface area (Å²) in [6, 6.07) is 0. The van der Waals surface area contributed by atoms with Crippen molar-refractivity contribution in [1.29, 1.82) is 0 Å². The first-order valence-corrected chi connectivity index (χ1v) is 9.88. The maximum atomic E-state index is 12.6. The number of carbonyl (C=O) groups is 2. The van der Waals surface area contributed by atoms with Gasteiger partial charge in [-0.3, -0.25) is 14.5 Å². The zero-order valence-electron chi connectivity index (χ0n) is 14.5. The predicted octanol–water partition coefficient (Wildman–Crippen LogP) is 2.01. The molecule has 0 spiro atoms. The molecule has 23 heavy (non-hydrogen) atoms. The second kappa shape index (κ2) is 9.52. The molecule has 0 bridgehead atoms. The van der Waals surface area contributed by atoms with Crippen molar-refractivity contribution >= 4 is 23.6 Å². The summed E-state index contributed by atoms with van der Waals surface area (Å²) in [5.41, 5.74) is 0. The number of thioether (sulfide) groups is 1. The summed E-state index contributed by atoms with van der Waals surface area (Å²) in [6.45, 7) is 6.16. The van der Waals surface area contributed by atoms with Crippen molar-refractivity contribution in [1.82, 2.24) is 9.80 Å². The molecule has 0 aliphatic carbocycles. The molecular weight excluding hydrogens is 312 g/mol. The van der Waals surface area contributed by atoms with Crippen molar-refractivity contribution < 1.29 is 14.3 Å². The highest BCUT2D eigenvalue weighted by atomic mass is 32.2. The van der Waals surface area contributed by atoms with Gasteiger partial charge in [-0.1, -0.05) is 13.3 Å². The highest BCUT2D eigenvalue weighted by Gasteiger charge is 2.29. The molecule has 2 saturated heterocycles. The van der Waals surface area contributed by atoms with Crippen molar-refractivity contribution in [2.24, 2.45) is 5.92 Å². The molecule has 1 amide bonds. The number of rotatable bonds is 5. The zero-order valence-corrected chi connectivity index (χ0v) is 15.3. The van der Waals surface area contributed by atoms with E-state index < -0.39 is 0 Å². The van der Waals surface area contributed by atoms with E-state index in [0.717, 1.165) is 31.7 Å². The number of carbonyl (C=O) groups excluding carboxylic acids is 2. The van der Waals surface area contributed by atoms with Crippen LogP contribution in [-0.2, 0) is 14.3 Å². The number of amides is 1. The van der Waals surface area contributed by atoms with Crippen LogP contribution in [-0.4, -0.2) is 72.5 Å². The van der Waals surface area contributed by atoms with Crippen LogP contribution in [0.1, 0.15) is 39.0 Å². The van der Waals surface area contributed by atoms with Crippen LogP contribution in [0.5, 0.6) is 0 Å². The molecule has 6 heteroatoms. The standard InChI is InChI=1S/C17H30N2O3S/c1-3-23-15-6-4-5-9-18(12-15)13-16(20)19-10-7-14(8-11-19)17(21)22-2/h14-15H,3-13H2,1-2H3/t15-/m0/s1. The summed E-state index contributed by atoms with van der Waals surface area (Å²) in [5.74, 6) is 1.19. The molecule has 0 aromatic rings. The highest BCUT2D eigenvalue weighted by Crippen LogP contribution is 2.23. The molecule has 5 nitrogen and oxygen atoms in total. The zero-order chi connectivity index (χ0) is 16.7. The fourth-order valence-corrected chi connectivity index (χ4v) is 4.64. The SMILES string of the molecule is CCS[C@H]1CCCCN(CC(=O)N2CCC(C(=O)OC)CC2)C1. The Balaban J connectivity index is 1.78. The van der Waals surface area contributed by atoms with E-state index in [4.69, 9.17) is 4.74 Å². The van der Waals surface area contributed by atoms with Crippen LogP contribution in [0.4, 0.5) is 0 Å². The van der Waals surface area contributed by atoms with Crippen LogP contribution in [0.15, 0.2) is 0 Å². The second-order valence-corrected chi connectivity index (χ2v) is 8.06. The molecule has 0 N–H and O–H groups in total. The first-order valence-electron chi connectivity index (χ1n) is 8.83. The Labute approximate surface area is 144 Å². The van der Waals surface area contributed by atoms with Gasteiger partial charge in [-0.05, 0) is 38.0 Å². The molecule has 1 atom stereocenters. The van der Waals surface area contributed by atoms with Gasteiger partial charge >= 0.3 is 5.97 Å². The van der Waals surface area contributed by atoms with E-state index in [2.05, 4.69) is 11.8 Å². The number of nitrogens with zero attached hydrogens (tertiary/aromatic N) is 2. The van der Waals surface area contributed by atoms with E-state index in [9.17, 15) is 9.59 Å². The number of piperidine rings is 1. The molecule has 0 unspecified atom stereocenters. The van der Waals surface area contributed by atoms with Crippen LogP contribution >= 0.6 is 11.8 Å². The van der Waals surface area contributed by atoms with Gasteiger partial charge < -0.3 is 9.64 Å². The Morgan fingerprint density at radius 1 is 1.13 bits per heavy atom. The molecule has 0 aromatic heterocycles. The normalized spacial score (nSPS) is 24.3. The van der Waals surface area contributed by atoms with Gasteiger partial charge in [0.25, 0.3) is 0 Å². The lowest BCUT2D eigenvalue weighted by molar-refractivity contribution is -0.149. The Morgan fingerprint density at radius 2 is 1.87 bits per heavy atom. The first kappa shape index (κ1) is 18.6. The molecule has 132 valence electrons. The summed E-state index contributed by atoms with van der Waals surface area (Å²) in [6.07, 6.45) is 5.19. The number of esters is 1. The monoisotopic (exact) mass is 342 g/mol. The third-order valence-corrected chi connectivity index (χ3v) is 6.05. The third kappa shape index (κ3) is 5.68. The van der Waals surface area contributed by atoms with Gasteiger partial charge in [0.15, 0.2) is 0 Å². The quantitative estimate of drug-likeness (QED) is 0.715. The average molecular weight is 343 g/mol. The van der Waals surface area contributed by atoms with Crippen LogP contribution < -0.4 is 0 Å². The van der Waals surface area contributed by atoms with E-state index in [0.29, 0.717) is 24.9 Å². The smallest absolute Gasteiger partial charge is 0.308 e. The Bertz CT molecular complexity index is 397. The van der Waals surface area contributed by atoms with Crippen molar-refractivity contribution in [2.75, 3.05) is 45.6 Å². The number of methoxy groups -OCH3 is 1. The van der Waals surface area contributed by atoms with Gasteiger partial charge in [0, 0.05) is 24.9 Å². The highest BCUT2D eigenvalue weighted by molar-refractivity contribution is 7.99. The maximum absolute atomic E-state index is 12.6. The lowest BCUT2D eigenvalue weighted by Gasteiger charge is -2.33. The van der Waals surface area contributed by atoms with Crippen molar-refractivity contribution in [2.45, 2.75) is 44.3 Å². The van der Waals surface area contributed by atoms with Gasteiger partial charge in [0.1, 0.15) is 0 Å². The largest absolute Gasteiger partial charge is 0.469 e. The van der Waals surface area contributed by atoms with Crippen molar-refractivity contribution in [3.63, 3.8) is 0 Å². The maximum Gasteiger partial charge on any atom is 0.308 e. The summed E-state index contributed by atoms with van der Waals surface area (Å²) in [7, 11) is 1.43. The minimum Gasteiger partial charge on any atom is -0.469 e. The van der Waals surface area contributed by atoms with E-state index in [1.807, 2.05) is 16.7 Å². The summed E-state index contributed by atoms with van der Waals surface area (Å²) in [4.78, 5) is 28.4. The number of hydrogen-bond acceptors (Lipinski definition) is 5. The Kier molecular flexibility index (Phi) is 7.70. The lowest BCUT2D eigenvalue weighted by atomic mass is 9.97. The van der Waals surface area contributed by atoms with Crippen molar-refractivity contribution in [3.8, 4) is 0 Å². The van der Waals surface area contributed by atoms with E-state index in [-0.39, 0.29) is 17.8 Å². The molecule has 0 radical (unpaired) electrons. The summed E-state index contributed by atoms with van der Waals surface area (Å²) < 4.78 is 4.80. The predicted molar refractivity (Wildman–Crippen MR) is 93.5 cm³/mol. The number of hydrogen-bond donors (Lipinski definition) is 0. The second-order valence-electron chi connectivity index (χ2n) is 6.49.